The minimum absolute atomic E-state index is 0.146. The Morgan fingerprint density at radius 1 is 1.07 bits per heavy atom. The van der Waals surface area contributed by atoms with E-state index in [0.717, 1.165) is 4.90 Å². The van der Waals surface area contributed by atoms with Crippen LogP contribution in [0.3, 0.4) is 0 Å². The largest absolute Gasteiger partial charge is 0.327 e. The minimum atomic E-state index is -0.426. The maximum atomic E-state index is 11.7. The topological polar surface area (TPSA) is 40.6 Å². The molecule has 0 bridgehead atoms. The molecule has 81 valence electrons. The standard InChI is InChI=1S/C11H15N2O2/c1-4-7-12(8-5-2)11(15)13(10-14)9-6-3/h4-6H,1-3,7-9H2. The molecule has 0 heterocycles. The van der Waals surface area contributed by atoms with Crippen molar-refractivity contribution in [1.82, 2.24) is 9.80 Å². The lowest BCUT2D eigenvalue weighted by atomic mass is 10.4. The molecule has 0 rings (SSSR count). The van der Waals surface area contributed by atoms with Gasteiger partial charge in [-0.25, -0.2) is 4.79 Å². The fourth-order valence-corrected chi connectivity index (χ4v) is 0.997. The molecule has 4 heteroatoms. The van der Waals surface area contributed by atoms with Gasteiger partial charge in [0.15, 0.2) is 0 Å². The Morgan fingerprint density at radius 2 is 1.53 bits per heavy atom. The average Bonchev–Trinajstić information content (AvgIpc) is 2.24. The lowest BCUT2D eigenvalue weighted by molar-refractivity contribution is 0.187. The zero-order chi connectivity index (χ0) is 11.7. The highest BCUT2D eigenvalue weighted by Crippen LogP contribution is 1.98. The lowest BCUT2D eigenvalue weighted by Gasteiger charge is -2.23. The molecule has 0 unspecified atom stereocenters. The fraction of sp³-hybridized carbons (Fsp3) is 0.273. The van der Waals surface area contributed by atoms with Crippen LogP contribution >= 0.6 is 0 Å². The number of hydrogen-bond acceptors (Lipinski definition) is 2. The molecule has 3 amide bonds. The van der Waals surface area contributed by atoms with Gasteiger partial charge >= 0.3 is 12.4 Å². The first kappa shape index (κ1) is 13.2. The Kier molecular flexibility index (Phi) is 6.63. The summed E-state index contributed by atoms with van der Waals surface area (Å²) in [5, 5.41) is 0. The van der Waals surface area contributed by atoms with Crippen molar-refractivity contribution in [3.8, 4) is 0 Å². The summed E-state index contributed by atoms with van der Waals surface area (Å²) in [5.74, 6) is 0. The second kappa shape index (κ2) is 7.55. The van der Waals surface area contributed by atoms with Gasteiger partial charge in [0, 0.05) is 19.6 Å². The number of amides is 3. The van der Waals surface area contributed by atoms with Gasteiger partial charge in [0.1, 0.15) is 0 Å². The van der Waals surface area contributed by atoms with E-state index in [4.69, 9.17) is 0 Å². The van der Waals surface area contributed by atoms with Crippen molar-refractivity contribution in [3.63, 3.8) is 0 Å². The third kappa shape index (κ3) is 4.26. The van der Waals surface area contributed by atoms with E-state index >= 15 is 0 Å². The van der Waals surface area contributed by atoms with E-state index in [1.54, 1.807) is 18.6 Å². The van der Waals surface area contributed by atoms with E-state index < -0.39 is 6.03 Å². The zero-order valence-corrected chi connectivity index (χ0v) is 8.69. The molecular weight excluding hydrogens is 192 g/mol. The Balaban J connectivity index is 4.55. The van der Waals surface area contributed by atoms with Crippen LogP contribution in [0.5, 0.6) is 0 Å². The minimum Gasteiger partial charge on any atom is -0.317 e. The van der Waals surface area contributed by atoms with E-state index in [-0.39, 0.29) is 6.54 Å². The van der Waals surface area contributed by atoms with Gasteiger partial charge in [-0.2, -0.15) is 0 Å². The molecule has 4 nitrogen and oxygen atoms in total. The number of hydrogen-bond donors (Lipinski definition) is 0. The summed E-state index contributed by atoms with van der Waals surface area (Å²) in [6, 6.07) is -0.426. The summed E-state index contributed by atoms with van der Waals surface area (Å²) in [5.41, 5.74) is 0. The van der Waals surface area contributed by atoms with E-state index in [9.17, 15) is 9.59 Å². The van der Waals surface area contributed by atoms with Crippen molar-refractivity contribution in [2.75, 3.05) is 19.6 Å². The maximum absolute atomic E-state index is 11.7. The van der Waals surface area contributed by atoms with Gasteiger partial charge in [0.2, 0.25) is 0 Å². The molecule has 0 aromatic heterocycles. The van der Waals surface area contributed by atoms with E-state index in [1.165, 1.54) is 11.0 Å². The maximum Gasteiger partial charge on any atom is 0.327 e. The number of carbonyl (C=O) groups excluding carboxylic acids is 2. The summed E-state index contributed by atoms with van der Waals surface area (Å²) < 4.78 is 0. The van der Waals surface area contributed by atoms with Crippen molar-refractivity contribution < 1.29 is 9.59 Å². The van der Waals surface area contributed by atoms with Crippen molar-refractivity contribution in [3.05, 3.63) is 38.0 Å². The van der Waals surface area contributed by atoms with E-state index in [0.29, 0.717) is 13.1 Å². The first-order valence-electron chi connectivity index (χ1n) is 4.48. The number of rotatable bonds is 7. The summed E-state index contributed by atoms with van der Waals surface area (Å²) in [4.78, 5) is 24.5. The van der Waals surface area contributed by atoms with Crippen LogP contribution in [-0.2, 0) is 4.79 Å². The second-order valence-electron chi connectivity index (χ2n) is 2.76. The summed E-state index contributed by atoms with van der Waals surface area (Å²) in [6.45, 7) is 11.4. The second-order valence-corrected chi connectivity index (χ2v) is 2.76. The molecule has 1 radical (unpaired) electrons. The van der Waals surface area contributed by atoms with Gasteiger partial charge in [0.25, 0.3) is 0 Å². The van der Waals surface area contributed by atoms with Crippen molar-refractivity contribution in [1.29, 1.82) is 0 Å². The first-order valence-corrected chi connectivity index (χ1v) is 4.48. The van der Waals surface area contributed by atoms with Crippen LogP contribution in [0, 0.1) is 0 Å². The van der Waals surface area contributed by atoms with Crippen molar-refractivity contribution in [2.24, 2.45) is 0 Å². The van der Waals surface area contributed by atoms with Crippen molar-refractivity contribution in [2.45, 2.75) is 0 Å². The predicted octanol–water partition coefficient (Wildman–Crippen LogP) is 1.34. The number of urea groups is 1. The average molecular weight is 207 g/mol. The van der Waals surface area contributed by atoms with Crippen LogP contribution in [-0.4, -0.2) is 41.9 Å². The van der Waals surface area contributed by atoms with Gasteiger partial charge < -0.3 is 4.90 Å². The van der Waals surface area contributed by atoms with Crippen LogP contribution in [0.2, 0.25) is 0 Å². The number of imide groups is 1. The molecule has 0 saturated heterocycles. The van der Waals surface area contributed by atoms with Crippen LogP contribution in [0.4, 0.5) is 4.79 Å². The van der Waals surface area contributed by atoms with Gasteiger partial charge in [-0.1, -0.05) is 18.2 Å². The molecule has 0 atom stereocenters. The SMILES string of the molecule is C=CCN([C]=O)C(=O)N(CC=C)CC=C. The molecule has 0 spiro atoms. The highest BCUT2D eigenvalue weighted by atomic mass is 16.2. The van der Waals surface area contributed by atoms with Crippen molar-refractivity contribution >= 4 is 12.4 Å². The molecule has 0 aliphatic heterocycles. The molecule has 0 saturated carbocycles. The molecule has 0 aliphatic carbocycles. The third-order valence-corrected chi connectivity index (χ3v) is 1.62. The Morgan fingerprint density at radius 3 is 1.87 bits per heavy atom. The summed E-state index contributed by atoms with van der Waals surface area (Å²) in [7, 11) is 0. The number of carbonyl (C=O) groups is 1. The molecule has 15 heavy (non-hydrogen) atoms. The normalized spacial score (nSPS) is 8.80. The van der Waals surface area contributed by atoms with Crippen LogP contribution < -0.4 is 0 Å². The van der Waals surface area contributed by atoms with Crippen LogP contribution in [0.1, 0.15) is 0 Å². The zero-order valence-electron chi connectivity index (χ0n) is 8.69. The van der Waals surface area contributed by atoms with Gasteiger partial charge in [-0.15, -0.1) is 19.7 Å². The van der Waals surface area contributed by atoms with E-state index in [2.05, 4.69) is 19.7 Å². The summed E-state index contributed by atoms with van der Waals surface area (Å²) >= 11 is 0. The molecule has 0 aromatic rings. The fourth-order valence-electron chi connectivity index (χ4n) is 0.997. The van der Waals surface area contributed by atoms with Gasteiger partial charge in [-0.3, -0.25) is 9.69 Å². The molecule has 0 aromatic carbocycles. The Hall–Kier alpha value is -1.84. The number of nitrogens with zero attached hydrogens (tertiary/aromatic N) is 2. The quantitative estimate of drug-likeness (QED) is 0.467. The molecule has 0 N–H and O–H groups in total. The van der Waals surface area contributed by atoms with Gasteiger partial charge in [0.05, 0.1) is 0 Å². The Bertz CT molecular complexity index is 251. The van der Waals surface area contributed by atoms with Crippen LogP contribution in [0.25, 0.3) is 0 Å². The highest BCUT2D eigenvalue weighted by Gasteiger charge is 2.17. The molecular formula is C11H15N2O2. The summed E-state index contributed by atoms with van der Waals surface area (Å²) in [6.07, 6.45) is 6.18. The monoisotopic (exact) mass is 207 g/mol. The smallest absolute Gasteiger partial charge is 0.317 e. The van der Waals surface area contributed by atoms with Gasteiger partial charge in [-0.05, 0) is 0 Å². The third-order valence-electron chi connectivity index (χ3n) is 1.62. The van der Waals surface area contributed by atoms with Crippen LogP contribution in [0.15, 0.2) is 38.0 Å². The Labute approximate surface area is 90.2 Å². The predicted molar refractivity (Wildman–Crippen MR) is 60.0 cm³/mol. The lowest BCUT2D eigenvalue weighted by Crippen LogP contribution is -2.42. The first-order chi connectivity index (χ1) is 7.21. The molecule has 0 aliphatic rings. The molecule has 0 fully saturated rings. The highest BCUT2D eigenvalue weighted by molar-refractivity contribution is 5.85. The van der Waals surface area contributed by atoms with E-state index in [1.807, 2.05) is 0 Å².